The van der Waals surface area contributed by atoms with E-state index >= 15 is 0 Å². The Labute approximate surface area is 186 Å². The fourth-order valence-electron chi connectivity index (χ4n) is 2.75. The summed E-state index contributed by atoms with van der Waals surface area (Å²) in [7, 11) is 0. The van der Waals surface area contributed by atoms with Crippen LogP contribution < -0.4 is 16.0 Å². The smallest absolute Gasteiger partial charge is 0.269 e. The molecular formula is C21H25N5O4S. The molecule has 3 N–H and O–H groups in total. The first-order valence-electron chi connectivity index (χ1n) is 9.81. The summed E-state index contributed by atoms with van der Waals surface area (Å²) in [5.41, 5.74) is 1.26. The van der Waals surface area contributed by atoms with Gasteiger partial charge in [-0.25, -0.2) is 0 Å². The number of amides is 2. The average molecular weight is 444 g/mol. The zero-order valence-electron chi connectivity index (χ0n) is 17.4. The molecular weight excluding hydrogens is 418 g/mol. The summed E-state index contributed by atoms with van der Waals surface area (Å²) in [5, 5.41) is 19.0. The molecule has 0 bridgehead atoms. The molecule has 0 aromatic heterocycles. The van der Waals surface area contributed by atoms with E-state index in [9.17, 15) is 19.7 Å². The highest BCUT2D eigenvalue weighted by molar-refractivity contribution is 7.80. The lowest BCUT2D eigenvalue weighted by atomic mass is 10.2. The van der Waals surface area contributed by atoms with Gasteiger partial charge in [0.15, 0.2) is 5.11 Å². The Balaban J connectivity index is 1.84. The summed E-state index contributed by atoms with van der Waals surface area (Å²) in [6.07, 6.45) is 0. The van der Waals surface area contributed by atoms with Gasteiger partial charge in [0.25, 0.3) is 17.5 Å². The second-order valence-corrected chi connectivity index (χ2v) is 6.98. The number of non-ortho nitro benzene ring substituents is 1. The number of nitrogens with zero attached hydrogens (tertiary/aromatic N) is 2. The van der Waals surface area contributed by atoms with Crippen LogP contribution in [0.5, 0.6) is 0 Å². The number of anilines is 1. The van der Waals surface area contributed by atoms with Crippen LogP contribution in [0.4, 0.5) is 11.4 Å². The lowest BCUT2D eigenvalue weighted by molar-refractivity contribution is -0.384. The summed E-state index contributed by atoms with van der Waals surface area (Å²) in [6, 6.07) is 11.9. The van der Waals surface area contributed by atoms with Crippen LogP contribution in [0.3, 0.4) is 0 Å². The van der Waals surface area contributed by atoms with E-state index in [-0.39, 0.29) is 22.3 Å². The minimum absolute atomic E-state index is 0.0692. The van der Waals surface area contributed by atoms with Crippen molar-refractivity contribution in [3.05, 3.63) is 69.8 Å². The number of nitrogens with one attached hydrogen (secondary N) is 3. The molecule has 0 aliphatic heterocycles. The van der Waals surface area contributed by atoms with E-state index in [1.165, 1.54) is 24.3 Å². The third kappa shape index (κ3) is 7.43. The molecule has 0 unspecified atom stereocenters. The summed E-state index contributed by atoms with van der Waals surface area (Å²) in [5.74, 6) is -0.649. The van der Waals surface area contributed by atoms with Crippen LogP contribution in [0.1, 0.15) is 34.6 Å². The van der Waals surface area contributed by atoms with Gasteiger partial charge in [0, 0.05) is 42.0 Å². The Morgan fingerprint density at radius 2 is 1.52 bits per heavy atom. The maximum atomic E-state index is 12.2. The fraction of sp³-hybridized carbons (Fsp3) is 0.286. The number of carbonyl (C=O) groups is 2. The lowest BCUT2D eigenvalue weighted by Gasteiger charge is -2.18. The SMILES string of the molecule is CCN(CC)CCNC(=O)c1ccc(NC(=S)NC(=O)c2ccc([N+](=O)[O-])cc2)cc1. The molecule has 10 heteroatoms. The summed E-state index contributed by atoms with van der Waals surface area (Å²) < 4.78 is 0. The second-order valence-electron chi connectivity index (χ2n) is 6.57. The van der Waals surface area contributed by atoms with Crippen molar-refractivity contribution in [1.82, 2.24) is 15.5 Å². The standard InChI is InChI=1S/C21H25N5O4S/c1-3-25(4-2)14-13-22-19(27)15-5-9-17(10-6-15)23-21(31)24-20(28)16-7-11-18(12-8-16)26(29)30/h5-12H,3-4,13-14H2,1-2H3,(H,22,27)(H2,23,24,28,31). The van der Waals surface area contributed by atoms with Crippen molar-refractivity contribution >= 4 is 40.5 Å². The predicted molar refractivity (Wildman–Crippen MR) is 123 cm³/mol. The Morgan fingerprint density at radius 3 is 2.06 bits per heavy atom. The highest BCUT2D eigenvalue weighted by Crippen LogP contribution is 2.12. The first kappa shape index (κ1) is 23.9. The van der Waals surface area contributed by atoms with Crippen LogP contribution in [-0.4, -0.2) is 52.9 Å². The first-order chi connectivity index (χ1) is 14.8. The van der Waals surface area contributed by atoms with Gasteiger partial charge in [-0.15, -0.1) is 0 Å². The molecule has 2 rings (SSSR count). The number of rotatable bonds is 9. The van der Waals surface area contributed by atoms with E-state index in [4.69, 9.17) is 12.2 Å². The van der Waals surface area contributed by atoms with Crippen molar-refractivity contribution < 1.29 is 14.5 Å². The predicted octanol–water partition coefficient (Wildman–Crippen LogP) is 2.79. The summed E-state index contributed by atoms with van der Waals surface area (Å²) >= 11 is 5.13. The van der Waals surface area contributed by atoms with E-state index in [1.807, 2.05) is 0 Å². The number of benzene rings is 2. The molecule has 0 atom stereocenters. The van der Waals surface area contributed by atoms with E-state index in [2.05, 4.69) is 34.7 Å². The van der Waals surface area contributed by atoms with Crippen LogP contribution in [0.2, 0.25) is 0 Å². The van der Waals surface area contributed by atoms with Crippen LogP contribution in [0.15, 0.2) is 48.5 Å². The summed E-state index contributed by atoms with van der Waals surface area (Å²) in [6.45, 7) is 7.40. The molecule has 0 saturated carbocycles. The van der Waals surface area contributed by atoms with Gasteiger partial charge in [-0.3, -0.25) is 25.0 Å². The molecule has 0 spiro atoms. The van der Waals surface area contributed by atoms with E-state index in [1.54, 1.807) is 24.3 Å². The van der Waals surface area contributed by atoms with Crippen molar-refractivity contribution in [3.8, 4) is 0 Å². The molecule has 2 aromatic rings. The third-order valence-corrected chi connectivity index (χ3v) is 4.78. The Morgan fingerprint density at radius 1 is 0.968 bits per heavy atom. The zero-order chi connectivity index (χ0) is 22.8. The quantitative estimate of drug-likeness (QED) is 0.310. The Kier molecular flexibility index (Phi) is 9.04. The zero-order valence-corrected chi connectivity index (χ0v) is 18.2. The molecule has 0 radical (unpaired) electrons. The number of hydrogen-bond donors (Lipinski definition) is 3. The van der Waals surface area contributed by atoms with Crippen molar-refractivity contribution in [2.75, 3.05) is 31.5 Å². The Hall–Kier alpha value is -3.37. The van der Waals surface area contributed by atoms with Crippen molar-refractivity contribution in [3.63, 3.8) is 0 Å². The van der Waals surface area contributed by atoms with E-state index in [0.717, 1.165) is 19.6 Å². The average Bonchev–Trinajstić information content (AvgIpc) is 2.77. The third-order valence-electron chi connectivity index (χ3n) is 4.58. The van der Waals surface area contributed by atoms with Gasteiger partial charge in [0.1, 0.15) is 0 Å². The largest absolute Gasteiger partial charge is 0.351 e. The molecule has 0 fully saturated rings. The minimum atomic E-state index is -0.539. The second kappa shape index (κ2) is 11.7. The molecule has 31 heavy (non-hydrogen) atoms. The van der Waals surface area contributed by atoms with Gasteiger partial charge in [-0.2, -0.15) is 0 Å². The number of thiocarbonyl (C=S) groups is 1. The van der Waals surface area contributed by atoms with Crippen molar-refractivity contribution in [2.24, 2.45) is 0 Å². The number of likely N-dealkylation sites (N-methyl/N-ethyl adjacent to an activating group) is 1. The fourth-order valence-corrected chi connectivity index (χ4v) is 2.96. The van der Waals surface area contributed by atoms with Gasteiger partial charge < -0.3 is 15.5 Å². The molecule has 164 valence electrons. The molecule has 2 aromatic carbocycles. The van der Waals surface area contributed by atoms with Crippen molar-refractivity contribution in [2.45, 2.75) is 13.8 Å². The molecule has 0 aliphatic rings. The van der Waals surface area contributed by atoms with E-state index < -0.39 is 10.8 Å². The first-order valence-corrected chi connectivity index (χ1v) is 10.2. The topological polar surface area (TPSA) is 117 Å². The van der Waals surface area contributed by atoms with Gasteiger partial charge in [-0.05, 0) is 61.7 Å². The number of hydrogen-bond acceptors (Lipinski definition) is 6. The van der Waals surface area contributed by atoms with Crippen LogP contribution in [0.25, 0.3) is 0 Å². The van der Waals surface area contributed by atoms with Crippen LogP contribution in [0, 0.1) is 10.1 Å². The van der Waals surface area contributed by atoms with Gasteiger partial charge in [0.05, 0.1) is 4.92 Å². The number of carbonyl (C=O) groups excluding carboxylic acids is 2. The number of nitro groups is 1. The Bertz CT molecular complexity index is 928. The molecule has 9 nitrogen and oxygen atoms in total. The number of nitro benzene ring substituents is 1. The van der Waals surface area contributed by atoms with Gasteiger partial charge in [0.2, 0.25) is 0 Å². The summed E-state index contributed by atoms with van der Waals surface area (Å²) in [4.78, 5) is 36.8. The normalized spacial score (nSPS) is 10.4. The maximum Gasteiger partial charge on any atom is 0.269 e. The molecule has 0 aliphatic carbocycles. The minimum Gasteiger partial charge on any atom is -0.351 e. The monoisotopic (exact) mass is 443 g/mol. The van der Waals surface area contributed by atoms with Crippen molar-refractivity contribution in [1.29, 1.82) is 0 Å². The molecule has 0 heterocycles. The highest BCUT2D eigenvalue weighted by atomic mass is 32.1. The van der Waals surface area contributed by atoms with E-state index in [0.29, 0.717) is 17.8 Å². The lowest BCUT2D eigenvalue weighted by Crippen LogP contribution is -2.35. The van der Waals surface area contributed by atoms with Gasteiger partial charge in [-0.1, -0.05) is 13.8 Å². The van der Waals surface area contributed by atoms with Crippen LogP contribution >= 0.6 is 12.2 Å². The molecule has 2 amide bonds. The van der Waals surface area contributed by atoms with Gasteiger partial charge >= 0.3 is 0 Å². The highest BCUT2D eigenvalue weighted by Gasteiger charge is 2.11. The van der Waals surface area contributed by atoms with Crippen LogP contribution in [-0.2, 0) is 0 Å². The molecule has 0 saturated heterocycles. The maximum absolute atomic E-state index is 12.2.